The van der Waals surface area contributed by atoms with Crippen molar-refractivity contribution in [3.8, 4) is 0 Å². The Morgan fingerprint density at radius 3 is 2.84 bits per heavy atom. The van der Waals surface area contributed by atoms with Crippen LogP contribution < -0.4 is 5.32 Å². The molecule has 4 nitrogen and oxygen atoms in total. The van der Waals surface area contributed by atoms with Crippen LogP contribution in [0, 0.1) is 12.8 Å². The Kier molecular flexibility index (Phi) is 4.50. The lowest BCUT2D eigenvalue weighted by molar-refractivity contribution is 0.451. The molecule has 0 aliphatic carbocycles. The number of nitrogens with one attached hydrogen (secondary N) is 1. The van der Waals surface area contributed by atoms with Crippen molar-refractivity contribution in [2.75, 3.05) is 26.7 Å². The lowest BCUT2D eigenvalue weighted by Crippen LogP contribution is -2.30. The highest BCUT2D eigenvalue weighted by atomic mass is 35.5. The minimum absolute atomic E-state index is 0.363. The second-order valence-corrected chi connectivity index (χ2v) is 7.33. The Morgan fingerprint density at radius 1 is 1.47 bits per heavy atom. The molecule has 1 aromatic carbocycles. The van der Waals surface area contributed by atoms with Crippen LogP contribution in [-0.4, -0.2) is 39.4 Å². The first-order chi connectivity index (χ1) is 8.95. The predicted octanol–water partition coefficient (Wildman–Crippen LogP) is 1.88. The van der Waals surface area contributed by atoms with Gasteiger partial charge in [0.05, 0.1) is 4.90 Å². The van der Waals surface area contributed by atoms with E-state index in [-0.39, 0.29) is 0 Å². The Bertz CT molecular complexity index is 560. The van der Waals surface area contributed by atoms with Crippen LogP contribution in [0.5, 0.6) is 0 Å². The number of aryl methyl sites for hydroxylation is 1. The first-order valence-corrected chi connectivity index (χ1v) is 8.18. The number of sulfonamides is 1. The lowest BCUT2D eigenvalue weighted by atomic mass is 10.1. The maximum atomic E-state index is 12.6. The quantitative estimate of drug-likeness (QED) is 0.924. The first-order valence-electron chi connectivity index (χ1n) is 6.36. The highest BCUT2D eigenvalue weighted by Crippen LogP contribution is 2.27. The van der Waals surface area contributed by atoms with Crippen LogP contribution in [0.25, 0.3) is 0 Å². The van der Waals surface area contributed by atoms with Crippen molar-refractivity contribution in [1.29, 1.82) is 0 Å². The van der Waals surface area contributed by atoms with E-state index in [1.807, 2.05) is 7.05 Å². The molecule has 2 rings (SSSR count). The van der Waals surface area contributed by atoms with Gasteiger partial charge < -0.3 is 5.32 Å². The molecule has 1 N–H and O–H groups in total. The average molecular weight is 303 g/mol. The van der Waals surface area contributed by atoms with E-state index < -0.39 is 10.0 Å². The third-order valence-electron chi connectivity index (χ3n) is 3.50. The minimum Gasteiger partial charge on any atom is -0.319 e. The fraction of sp³-hybridized carbons (Fsp3) is 0.538. The molecule has 0 unspecified atom stereocenters. The van der Waals surface area contributed by atoms with Crippen LogP contribution >= 0.6 is 11.6 Å². The van der Waals surface area contributed by atoms with E-state index in [0.717, 1.165) is 13.0 Å². The van der Waals surface area contributed by atoms with Gasteiger partial charge in [-0.1, -0.05) is 11.6 Å². The number of benzene rings is 1. The van der Waals surface area contributed by atoms with E-state index in [0.29, 0.717) is 34.5 Å². The smallest absolute Gasteiger partial charge is 0.243 e. The van der Waals surface area contributed by atoms with Gasteiger partial charge in [-0.05, 0) is 56.6 Å². The molecule has 106 valence electrons. The molecule has 0 bridgehead atoms. The number of hydrogen-bond acceptors (Lipinski definition) is 3. The van der Waals surface area contributed by atoms with Gasteiger partial charge in [0, 0.05) is 18.1 Å². The highest BCUT2D eigenvalue weighted by molar-refractivity contribution is 7.89. The summed E-state index contributed by atoms with van der Waals surface area (Å²) in [7, 11) is -1.50. The Hall–Kier alpha value is -0.620. The fourth-order valence-electron chi connectivity index (χ4n) is 2.51. The summed E-state index contributed by atoms with van der Waals surface area (Å²) >= 11 is 5.87. The van der Waals surface area contributed by atoms with Gasteiger partial charge in [0.2, 0.25) is 10.0 Å². The van der Waals surface area contributed by atoms with Crippen LogP contribution in [0.3, 0.4) is 0 Å². The number of hydrogen-bond donors (Lipinski definition) is 1. The molecule has 0 amide bonds. The molecule has 0 radical (unpaired) electrons. The van der Waals surface area contributed by atoms with Crippen molar-refractivity contribution in [2.45, 2.75) is 18.2 Å². The Labute approximate surface area is 119 Å². The summed E-state index contributed by atoms with van der Waals surface area (Å²) < 4.78 is 26.7. The van der Waals surface area contributed by atoms with Crippen LogP contribution in [0.15, 0.2) is 23.1 Å². The molecule has 1 aliphatic rings. The van der Waals surface area contributed by atoms with Crippen LogP contribution in [0.1, 0.15) is 12.0 Å². The van der Waals surface area contributed by atoms with Crippen molar-refractivity contribution in [2.24, 2.45) is 5.92 Å². The largest absolute Gasteiger partial charge is 0.319 e. The van der Waals surface area contributed by atoms with Gasteiger partial charge in [-0.2, -0.15) is 4.31 Å². The molecular weight excluding hydrogens is 284 g/mol. The second-order valence-electron chi connectivity index (χ2n) is 4.99. The van der Waals surface area contributed by atoms with Gasteiger partial charge in [-0.25, -0.2) is 8.42 Å². The SMILES string of the molecule is CNC[C@@H]1CCN(S(=O)(=O)c2ccc(Cl)cc2C)C1. The van der Waals surface area contributed by atoms with Gasteiger partial charge in [-0.3, -0.25) is 0 Å². The second kappa shape index (κ2) is 5.79. The van der Waals surface area contributed by atoms with Gasteiger partial charge in [0.1, 0.15) is 0 Å². The molecule has 1 aromatic rings. The Balaban J connectivity index is 2.23. The number of nitrogens with zero attached hydrogens (tertiary/aromatic N) is 1. The standard InChI is InChI=1S/C13H19ClN2O2S/c1-10-7-12(14)3-4-13(10)19(17,18)16-6-5-11(9-16)8-15-2/h3-4,7,11,15H,5-6,8-9H2,1-2H3/t11-/m0/s1. The Morgan fingerprint density at radius 2 is 2.21 bits per heavy atom. The minimum atomic E-state index is -3.39. The molecule has 19 heavy (non-hydrogen) atoms. The predicted molar refractivity (Wildman–Crippen MR) is 77.0 cm³/mol. The zero-order valence-electron chi connectivity index (χ0n) is 11.2. The molecular formula is C13H19ClN2O2S. The van der Waals surface area contributed by atoms with Crippen LogP contribution in [-0.2, 0) is 10.0 Å². The summed E-state index contributed by atoms with van der Waals surface area (Å²) in [6, 6.07) is 4.91. The van der Waals surface area contributed by atoms with Crippen molar-refractivity contribution >= 4 is 21.6 Å². The maximum absolute atomic E-state index is 12.6. The highest BCUT2D eigenvalue weighted by Gasteiger charge is 2.32. The van der Waals surface area contributed by atoms with Crippen LogP contribution in [0.2, 0.25) is 5.02 Å². The van der Waals surface area contributed by atoms with Gasteiger partial charge in [-0.15, -0.1) is 0 Å². The lowest BCUT2D eigenvalue weighted by Gasteiger charge is -2.18. The molecule has 1 aliphatic heterocycles. The molecule has 0 saturated carbocycles. The summed E-state index contributed by atoms with van der Waals surface area (Å²) in [6.45, 7) is 3.81. The van der Waals surface area contributed by atoms with E-state index >= 15 is 0 Å². The summed E-state index contributed by atoms with van der Waals surface area (Å²) in [6.07, 6.45) is 0.909. The third-order valence-corrected chi connectivity index (χ3v) is 5.76. The maximum Gasteiger partial charge on any atom is 0.243 e. The first kappa shape index (κ1) is 14.8. The third kappa shape index (κ3) is 3.11. The average Bonchev–Trinajstić information content (AvgIpc) is 2.78. The van der Waals surface area contributed by atoms with E-state index in [1.54, 1.807) is 29.4 Å². The van der Waals surface area contributed by atoms with Crippen molar-refractivity contribution in [3.63, 3.8) is 0 Å². The van der Waals surface area contributed by atoms with Crippen LogP contribution in [0.4, 0.5) is 0 Å². The van der Waals surface area contributed by atoms with E-state index in [1.165, 1.54) is 0 Å². The van der Waals surface area contributed by atoms with Crippen molar-refractivity contribution < 1.29 is 8.42 Å². The summed E-state index contributed by atoms with van der Waals surface area (Å²) in [5.74, 6) is 0.396. The monoisotopic (exact) mass is 302 g/mol. The van der Waals surface area contributed by atoms with E-state index in [2.05, 4.69) is 5.32 Å². The molecule has 6 heteroatoms. The van der Waals surface area contributed by atoms with Gasteiger partial charge in [0.15, 0.2) is 0 Å². The number of rotatable bonds is 4. The van der Waals surface area contributed by atoms with Crippen molar-refractivity contribution in [3.05, 3.63) is 28.8 Å². The molecule has 0 spiro atoms. The molecule has 1 fully saturated rings. The fourth-order valence-corrected chi connectivity index (χ4v) is 4.48. The number of halogens is 1. The van der Waals surface area contributed by atoms with Gasteiger partial charge in [0.25, 0.3) is 0 Å². The zero-order chi connectivity index (χ0) is 14.0. The zero-order valence-corrected chi connectivity index (χ0v) is 12.8. The molecule has 1 heterocycles. The van der Waals surface area contributed by atoms with E-state index in [4.69, 9.17) is 11.6 Å². The van der Waals surface area contributed by atoms with Gasteiger partial charge >= 0.3 is 0 Å². The molecule has 1 atom stereocenters. The molecule has 1 saturated heterocycles. The summed E-state index contributed by atoms with van der Waals surface area (Å²) in [5, 5.41) is 3.66. The summed E-state index contributed by atoms with van der Waals surface area (Å²) in [5.41, 5.74) is 0.699. The topological polar surface area (TPSA) is 49.4 Å². The summed E-state index contributed by atoms with van der Waals surface area (Å²) in [4.78, 5) is 0.363. The van der Waals surface area contributed by atoms with E-state index in [9.17, 15) is 8.42 Å². The van der Waals surface area contributed by atoms with Crippen molar-refractivity contribution in [1.82, 2.24) is 9.62 Å². The molecule has 0 aromatic heterocycles. The normalized spacial score (nSPS) is 20.9.